The Bertz CT molecular complexity index is 742. The van der Waals surface area contributed by atoms with E-state index in [0.717, 1.165) is 12.3 Å². The van der Waals surface area contributed by atoms with Crippen molar-refractivity contribution >= 4 is 31.2 Å². The zero-order valence-corrected chi connectivity index (χ0v) is 13.0. The highest BCUT2D eigenvalue weighted by molar-refractivity contribution is 7.91. The number of rotatable bonds is 7. The van der Waals surface area contributed by atoms with Gasteiger partial charge < -0.3 is 5.32 Å². The number of nitrogens with zero attached hydrogens (tertiary/aromatic N) is 1. The molecule has 0 aliphatic heterocycles. The van der Waals surface area contributed by atoms with Gasteiger partial charge in [-0.25, -0.2) is 21.6 Å². The first-order valence-electron chi connectivity index (χ1n) is 5.70. The summed E-state index contributed by atoms with van der Waals surface area (Å²) in [6.45, 7) is -0.303. The third kappa shape index (κ3) is 4.95. The van der Waals surface area contributed by atoms with Crippen molar-refractivity contribution in [2.45, 2.75) is 4.90 Å². The lowest BCUT2D eigenvalue weighted by Gasteiger charge is -2.08. The molecule has 0 aliphatic carbocycles. The molecule has 0 unspecified atom stereocenters. The first kappa shape index (κ1) is 17.3. The molecule has 0 radical (unpaired) electrons. The highest BCUT2D eigenvalue weighted by atomic mass is 32.2. The summed E-state index contributed by atoms with van der Waals surface area (Å²) in [4.78, 5) is 9.87. The topological polar surface area (TPSA) is 135 Å². The summed E-state index contributed by atoms with van der Waals surface area (Å²) in [5.41, 5.74) is -0.210. The van der Waals surface area contributed by atoms with E-state index < -0.39 is 24.8 Å². The van der Waals surface area contributed by atoms with Gasteiger partial charge in [0, 0.05) is 25.9 Å². The van der Waals surface area contributed by atoms with E-state index in [-0.39, 0.29) is 28.6 Å². The fourth-order valence-corrected chi connectivity index (χ4v) is 3.14. The van der Waals surface area contributed by atoms with Crippen molar-refractivity contribution in [3.8, 4) is 0 Å². The van der Waals surface area contributed by atoms with Crippen LogP contribution >= 0.6 is 0 Å². The Balaban J connectivity index is 3.04. The molecule has 11 heteroatoms. The molecule has 0 fully saturated rings. The van der Waals surface area contributed by atoms with Crippen LogP contribution < -0.4 is 10.0 Å². The van der Waals surface area contributed by atoms with Crippen LogP contribution in [0.25, 0.3) is 0 Å². The van der Waals surface area contributed by atoms with Crippen molar-refractivity contribution in [3.63, 3.8) is 0 Å². The van der Waals surface area contributed by atoms with Gasteiger partial charge in [0.2, 0.25) is 10.0 Å². The van der Waals surface area contributed by atoms with E-state index in [1.165, 1.54) is 19.2 Å². The smallest absolute Gasteiger partial charge is 0.293 e. The van der Waals surface area contributed by atoms with E-state index >= 15 is 0 Å². The molecule has 0 bridgehead atoms. The molecule has 118 valence electrons. The number of nitro benzene ring substituents is 1. The molecular formula is C10H15N3O6S2. The number of hydrogen-bond acceptors (Lipinski definition) is 7. The molecule has 2 N–H and O–H groups in total. The third-order valence-electron chi connectivity index (χ3n) is 2.51. The van der Waals surface area contributed by atoms with Crippen molar-refractivity contribution in [1.82, 2.24) is 4.72 Å². The minimum Gasteiger partial charge on any atom is -0.383 e. The number of hydrogen-bond donors (Lipinski definition) is 2. The van der Waals surface area contributed by atoms with Crippen molar-refractivity contribution in [1.29, 1.82) is 0 Å². The number of nitrogens with one attached hydrogen (secondary N) is 2. The van der Waals surface area contributed by atoms with Gasteiger partial charge in [0.05, 0.1) is 15.6 Å². The monoisotopic (exact) mass is 337 g/mol. The number of benzene rings is 1. The van der Waals surface area contributed by atoms with Gasteiger partial charge in [0.1, 0.15) is 15.5 Å². The second-order valence-corrected chi connectivity index (χ2v) is 8.24. The lowest BCUT2D eigenvalue weighted by atomic mass is 10.3. The Morgan fingerprint density at radius 1 is 1.24 bits per heavy atom. The Morgan fingerprint density at radius 3 is 2.33 bits per heavy atom. The van der Waals surface area contributed by atoms with Gasteiger partial charge in [-0.15, -0.1) is 0 Å². The summed E-state index contributed by atoms with van der Waals surface area (Å²) < 4.78 is 47.9. The average molecular weight is 337 g/mol. The third-order valence-corrected chi connectivity index (χ3v) is 4.91. The van der Waals surface area contributed by atoms with Crippen LogP contribution in [0.5, 0.6) is 0 Å². The van der Waals surface area contributed by atoms with E-state index in [4.69, 9.17) is 0 Å². The van der Waals surface area contributed by atoms with Crippen LogP contribution in [0.15, 0.2) is 23.1 Å². The average Bonchev–Trinajstić information content (AvgIpc) is 2.35. The van der Waals surface area contributed by atoms with Gasteiger partial charge in [-0.05, 0) is 12.1 Å². The summed E-state index contributed by atoms with van der Waals surface area (Å²) in [7, 11) is -5.84. The van der Waals surface area contributed by atoms with Gasteiger partial charge in [0.15, 0.2) is 0 Å². The Morgan fingerprint density at radius 2 is 1.86 bits per heavy atom. The summed E-state index contributed by atoms with van der Waals surface area (Å²) >= 11 is 0. The second-order valence-electron chi connectivity index (χ2n) is 4.21. The molecule has 1 aromatic carbocycles. The molecule has 0 aromatic heterocycles. The molecule has 21 heavy (non-hydrogen) atoms. The fourth-order valence-electron chi connectivity index (χ4n) is 1.49. The predicted molar refractivity (Wildman–Crippen MR) is 77.5 cm³/mol. The molecule has 9 nitrogen and oxygen atoms in total. The molecule has 0 aliphatic rings. The van der Waals surface area contributed by atoms with Crippen LogP contribution in [0.2, 0.25) is 0 Å². The molecule has 1 aromatic rings. The number of anilines is 1. The Labute approximate surface area is 122 Å². The van der Waals surface area contributed by atoms with Crippen LogP contribution in [0, 0.1) is 10.1 Å². The predicted octanol–water partition coefficient (Wildman–Crippen LogP) is -0.0406. The fraction of sp³-hybridized carbons (Fsp3) is 0.400. The standard InChI is InChI=1S/C10H15N3O6S2/c1-11-9-4-3-8(7-10(9)13(14)15)21(18,19)12-5-6-20(2,16)17/h3-4,7,11-12H,5-6H2,1-2H3. The van der Waals surface area contributed by atoms with Crippen LogP contribution in [-0.2, 0) is 19.9 Å². The minimum atomic E-state index is -4.01. The number of sulfone groups is 1. The highest BCUT2D eigenvalue weighted by Gasteiger charge is 2.21. The zero-order valence-electron chi connectivity index (χ0n) is 11.4. The van der Waals surface area contributed by atoms with Crippen LogP contribution in [0.4, 0.5) is 11.4 Å². The van der Waals surface area contributed by atoms with Gasteiger partial charge in [-0.2, -0.15) is 0 Å². The minimum absolute atomic E-state index is 0.176. The first-order chi connectivity index (χ1) is 9.57. The van der Waals surface area contributed by atoms with E-state index in [1.807, 2.05) is 0 Å². The summed E-state index contributed by atoms with van der Waals surface area (Å²) in [6, 6.07) is 3.37. The Kier molecular flexibility index (Phi) is 5.25. The maximum absolute atomic E-state index is 11.9. The van der Waals surface area contributed by atoms with Gasteiger partial charge >= 0.3 is 0 Å². The SMILES string of the molecule is CNc1ccc(S(=O)(=O)NCCS(C)(=O)=O)cc1[N+](=O)[O-]. The van der Waals surface area contributed by atoms with Crippen molar-refractivity contribution in [2.24, 2.45) is 0 Å². The van der Waals surface area contributed by atoms with Crippen LogP contribution in [0.1, 0.15) is 0 Å². The maximum Gasteiger partial charge on any atom is 0.293 e. The van der Waals surface area contributed by atoms with Crippen molar-refractivity contribution in [2.75, 3.05) is 30.9 Å². The molecule has 0 amide bonds. The first-order valence-corrected chi connectivity index (χ1v) is 9.25. The largest absolute Gasteiger partial charge is 0.383 e. The Hall–Kier alpha value is -1.72. The molecule has 0 atom stereocenters. The van der Waals surface area contributed by atoms with Gasteiger partial charge in [0.25, 0.3) is 5.69 Å². The lowest BCUT2D eigenvalue weighted by Crippen LogP contribution is -2.29. The molecule has 0 spiro atoms. The quantitative estimate of drug-likeness (QED) is 0.526. The van der Waals surface area contributed by atoms with Crippen LogP contribution in [-0.4, -0.2) is 47.4 Å². The summed E-state index contributed by atoms with van der Waals surface area (Å²) in [5.74, 6) is -0.358. The normalized spacial score (nSPS) is 12.1. The van der Waals surface area contributed by atoms with E-state index in [0.29, 0.717) is 0 Å². The van der Waals surface area contributed by atoms with Crippen molar-refractivity contribution in [3.05, 3.63) is 28.3 Å². The van der Waals surface area contributed by atoms with E-state index in [9.17, 15) is 26.9 Å². The summed E-state index contributed by atoms with van der Waals surface area (Å²) in [5, 5.41) is 13.5. The maximum atomic E-state index is 11.9. The van der Waals surface area contributed by atoms with Crippen molar-refractivity contribution < 1.29 is 21.8 Å². The van der Waals surface area contributed by atoms with Crippen LogP contribution in [0.3, 0.4) is 0 Å². The number of nitro groups is 1. The van der Waals surface area contributed by atoms with Gasteiger partial charge in [-0.1, -0.05) is 0 Å². The van der Waals surface area contributed by atoms with Gasteiger partial charge in [-0.3, -0.25) is 10.1 Å². The molecule has 0 heterocycles. The van der Waals surface area contributed by atoms with E-state index in [2.05, 4.69) is 10.0 Å². The second kappa shape index (κ2) is 6.37. The lowest BCUT2D eigenvalue weighted by molar-refractivity contribution is -0.384. The van der Waals surface area contributed by atoms with E-state index in [1.54, 1.807) is 0 Å². The summed E-state index contributed by atoms with van der Waals surface area (Å²) in [6.07, 6.45) is 0.980. The zero-order chi connectivity index (χ0) is 16.3. The highest BCUT2D eigenvalue weighted by Crippen LogP contribution is 2.26. The number of sulfonamides is 1. The molecule has 0 saturated carbocycles. The molecular weight excluding hydrogens is 322 g/mol. The molecule has 1 rings (SSSR count). The molecule has 0 saturated heterocycles.